The van der Waals surface area contributed by atoms with E-state index in [-0.39, 0.29) is 5.56 Å². The highest BCUT2D eigenvalue weighted by atomic mass is 127. The number of benzene rings is 1. The quantitative estimate of drug-likeness (QED) is 0.740. The molecule has 88 valence electrons. The number of halogens is 2. The SMILES string of the molecule is Cc1ccc(-c2nc(C)c(I)c(=O)[nH]2)cc1Br. The van der Waals surface area contributed by atoms with Crippen LogP contribution >= 0.6 is 38.5 Å². The third-order valence-electron chi connectivity index (χ3n) is 2.47. The fourth-order valence-electron chi connectivity index (χ4n) is 1.45. The van der Waals surface area contributed by atoms with E-state index in [2.05, 4.69) is 25.9 Å². The van der Waals surface area contributed by atoms with Crippen molar-refractivity contribution in [3.63, 3.8) is 0 Å². The molecule has 0 unspecified atom stereocenters. The number of hydrogen-bond acceptors (Lipinski definition) is 2. The predicted molar refractivity (Wildman–Crippen MR) is 80.2 cm³/mol. The summed E-state index contributed by atoms with van der Waals surface area (Å²) in [5.41, 5.74) is 2.71. The maximum absolute atomic E-state index is 11.7. The number of hydrogen-bond donors (Lipinski definition) is 1. The van der Waals surface area contributed by atoms with E-state index in [4.69, 9.17) is 0 Å². The molecule has 1 aromatic heterocycles. The van der Waals surface area contributed by atoms with Crippen LogP contribution < -0.4 is 5.56 Å². The molecule has 1 N–H and O–H groups in total. The molecule has 1 aromatic carbocycles. The van der Waals surface area contributed by atoms with Gasteiger partial charge in [-0.15, -0.1) is 0 Å². The second-order valence-electron chi connectivity index (χ2n) is 3.78. The lowest BCUT2D eigenvalue weighted by Crippen LogP contribution is -2.14. The van der Waals surface area contributed by atoms with Crippen LogP contribution in [0.5, 0.6) is 0 Å². The van der Waals surface area contributed by atoms with Crippen LogP contribution in [-0.2, 0) is 0 Å². The Kier molecular flexibility index (Phi) is 3.67. The molecule has 0 atom stereocenters. The molecule has 2 rings (SSSR count). The average molecular weight is 405 g/mol. The molecule has 0 amide bonds. The Morgan fingerprint density at radius 3 is 2.65 bits per heavy atom. The predicted octanol–water partition coefficient (Wildman–Crippen LogP) is 3.42. The molecule has 0 fully saturated rings. The van der Waals surface area contributed by atoms with E-state index < -0.39 is 0 Å². The highest BCUT2D eigenvalue weighted by Crippen LogP contribution is 2.23. The van der Waals surface area contributed by atoms with Gasteiger partial charge in [0, 0.05) is 10.0 Å². The number of aromatic amines is 1. The van der Waals surface area contributed by atoms with E-state index in [1.165, 1.54) is 0 Å². The summed E-state index contributed by atoms with van der Waals surface area (Å²) in [5.74, 6) is 0.605. The van der Waals surface area contributed by atoms with E-state index in [1.807, 2.05) is 54.6 Å². The van der Waals surface area contributed by atoms with Gasteiger partial charge in [0.2, 0.25) is 0 Å². The third-order valence-corrected chi connectivity index (χ3v) is 4.60. The molecule has 0 radical (unpaired) electrons. The highest BCUT2D eigenvalue weighted by Gasteiger charge is 2.07. The normalized spacial score (nSPS) is 10.6. The zero-order chi connectivity index (χ0) is 12.6. The second-order valence-corrected chi connectivity index (χ2v) is 5.71. The Labute approximate surface area is 121 Å². The van der Waals surface area contributed by atoms with Gasteiger partial charge in [0.1, 0.15) is 5.82 Å². The van der Waals surface area contributed by atoms with Gasteiger partial charge in [-0.3, -0.25) is 4.79 Å². The first-order valence-electron chi connectivity index (χ1n) is 5.02. The van der Waals surface area contributed by atoms with E-state index in [0.717, 1.165) is 21.3 Å². The highest BCUT2D eigenvalue weighted by molar-refractivity contribution is 14.1. The maximum atomic E-state index is 11.7. The fraction of sp³-hybridized carbons (Fsp3) is 0.167. The van der Waals surface area contributed by atoms with Gasteiger partial charge < -0.3 is 4.98 Å². The molecule has 0 spiro atoms. The lowest BCUT2D eigenvalue weighted by atomic mass is 10.1. The molecule has 0 aliphatic carbocycles. The first-order chi connectivity index (χ1) is 7.99. The summed E-state index contributed by atoms with van der Waals surface area (Å²) < 4.78 is 1.64. The standard InChI is InChI=1S/C12H10BrIN2O/c1-6-3-4-8(5-9(6)13)11-15-7(2)10(14)12(17)16-11/h3-5H,1-2H3,(H,15,16,17). The van der Waals surface area contributed by atoms with E-state index in [1.54, 1.807) is 0 Å². The molecule has 0 saturated carbocycles. The smallest absolute Gasteiger partial charge is 0.264 e. The van der Waals surface area contributed by atoms with E-state index in [0.29, 0.717) is 9.39 Å². The molecule has 17 heavy (non-hydrogen) atoms. The molecule has 5 heteroatoms. The largest absolute Gasteiger partial charge is 0.306 e. The summed E-state index contributed by atoms with van der Waals surface area (Å²) in [6.45, 7) is 3.85. The summed E-state index contributed by atoms with van der Waals surface area (Å²) in [5, 5.41) is 0. The van der Waals surface area contributed by atoms with E-state index in [9.17, 15) is 4.79 Å². The Bertz CT molecular complexity index is 637. The van der Waals surface area contributed by atoms with Crippen molar-refractivity contribution in [2.24, 2.45) is 0 Å². The van der Waals surface area contributed by atoms with Crippen molar-refractivity contribution in [3.8, 4) is 11.4 Å². The van der Waals surface area contributed by atoms with Crippen LogP contribution in [0.2, 0.25) is 0 Å². The molecular formula is C12H10BrIN2O. The van der Waals surface area contributed by atoms with Crippen molar-refractivity contribution < 1.29 is 0 Å². The summed E-state index contributed by atoms with van der Waals surface area (Å²) in [7, 11) is 0. The number of nitrogens with one attached hydrogen (secondary N) is 1. The minimum absolute atomic E-state index is 0.0928. The van der Waals surface area contributed by atoms with Gasteiger partial charge in [0.15, 0.2) is 0 Å². The molecule has 0 saturated heterocycles. The summed E-state index contributed by atoms with van der Waals surface area (Å²) >= 11 is 5.47. The van der Waals surface area contributed by atoms with Crippen LogP contribution in [0.3, 0.4) is 0 Å². The molecule has 2 aromatic rings. The Morgan fingerprint density at radius 2 is 2.06 bits per heavy atom. The lowest BCUT2D eigenvalue weighted by Gasteiger charge is -2.05. The van der Waals surface area contributed by atoms with Gasteiger partial charge in [0.05, 0.1) is 9.26 Å². The number of nitrogens with zero attached hydrogens (tertiary/aromatic N) is 1. The Hall–Kier alpha value is -0.690. The van der Waals surface area contributed by atoms with Crippen LogP contribution in [0.15, 0.2) is 27.5 Å². The van der Waals surface area contributed by atoms with Gasteiger partial charge in [-0.1, -0.05) is 28.1 Å². The van der Waals surface area contributed by atoms with Gasteiger partial charge >= 0.3 is 0 Å². The summed E-state index contributed by atoms with van der Waals surface area (Å²) in [6.07, 6.45) is 0. The van der Waals surface area contributed by atoms with Crippen molar-refractivity contribution in [2.45, 2.75) is 13.8 Å². The molecule has 0 aliphatic heterocycles. The van der Waals surface area contributed by atoms with Crippen LogP contribution in [0.25, 0.3) is 11.4 Å². The number of H-pyrrole nitrogens is 1. The van der Waals surface area contributed by atoms with Crippen LogP contribution in [0.4, 0.5) is 0 Å². The number of aromatic nitrogens is 2. The molecule has 0 aliphatic rings. The van der Waals surface area contributed by atoms with Crippen molar-refractivity contribution in [1.29, 1.82) is 0 Å². The van der Waals surface area contributed by atoms with Crippen molar-refractivity contribution >= 4 is 38.5 Å². The van der Waals surface area contributed by atoms with Crippen molar-refractivity contribution in [1.82, 2.24) is 9.97 Å². The zero-order valence-corrected chi connectivity index (χ0v) is 13.1. The summed E-state index contributed by atoms with van der Waals surface area (Å²) in [4.78, 5) is 18.8. The average Bonchev–Trinajstić information content (AvgIpc) is 2.29. The van der Waals surface area contributed by atoms with Gasteiger partial charge in [0.25, 0.3) is 5.56 Å². The van der Waals surface area contributed by atoms with Crippen molar-refractivity contribution in [3.05, 3.63) is 47.9 Å². The van der Waals surface area contributed by atoms with Gasteiger partial charge in [-0.25, -0.2) is 4.98 Å². The van der Waals surface area contributed by atoms with Crippen LogP contribution in [-0.4, -0.2) is 9.97 Å². The number of rotatable bonds is 1. The molecule has 0 bridgehead atoms. The molecule has 1 heterocycles. The zero-order valence-electron chi connectivity index (χ0n) is 9.34. The second kappa shape index (κ2) is 4.89. The van der Waals surface area contributed by atoms with Gasteiger partial charge in [-0.05, 0) is 48.1 Å². The lowest BCUT2D eigenvalue weighted by molar-refractivity contribution is 1.05. The van der Waals surface area contributed by atoms with Crippen LogP contribution in [0, 0.1) is 17.4 Å². The molecular weight excluding hydrogens is 395 g/mol. The van der Waals surface area contributed by atoms with Gasteiger partial charge in [-0.2, -0.15) is 0 Å². The van der Waals surface area contributed by atoms with Crippen LogP contribution in [0.1, 0.15) is 11.3 Å². The Balaban J connectivity index is 2.61. The first-order valence-corrected chi connectivity index (χ1v) is 6.89. The third kappa shape index (κ3) is 2.60. The minimum Gasteiger partial charge on any atom is -0.306 e. The fourth-order valence-corrected chi connectivity index (χ4v) is 2.08. The first kappa shape index (κ1) is 12.8. The number of aryl methyl sites for hydroxylation is 2. The Morgan fingerprint density at radius 1 is 1.35 bits per heavy atom. The monoisotopic (exact) mass is 404 g/mol. The minimum atomic E-state index is -0.0928. The van der Waals surface area contributed by atoms with E-state index >= 15 is 0 Å². The topological polar surface area (TPSA) is 45.8 Å². The van der Waals surface area contributed by atoms with Crippen molar-refractivity contribution in [2.75, 3.05) is 0 Å². The molecule has 3 nitrogen and oxygen atoms in total. The summed E-state index contributed by atoms with van der Waals surface area (Å²) in [6, 6.07) is 5.90. The maximum Gasteiger partial charge on any atom is 0.264 e.